The van der Waals surface area contributed by atoms with Crippen LogP contribution < -0.4 is 0 Å². The van der Waals surface area contributed by atoms with Gasteiger partial charge in [-0.1, -0.05) is 69.5 Å². The highest BCUT2D eigenvalue weighted by atomic mass is 33.1. The molecule has 0 fully saturated rings. The predicted molar refractivity (Wildman–Crippen MR) is 148 cm³/mol. The highest BCUT2D eigenvalue weighted by Gasteiger charge is 2.04. The van der Waals surface area contributed by atoms with Crippen molar-refractivity contribution >= 4 is 67.1 Å². The first-order valence-electron chi connectivity index (χ1n) is 10.3. The summed E-state index contributed by atoms with van der Waals surface area (Å²) in [5.74, 6) is 1.27. The molecule has 198 valence electrons. The van der Waals surface area contributed by atoms with Crippen LogP contribution in [0.3, 0.4) is 0 Å². The summed E-state index contributed by atoms with van der Waals surface area (Å²) in [5.41, 5.74) is 1.21. The lowest BCUT2D eigenvalue weighted by molar-refractivity contribution is -0.139. The van der Waals surface area contributed by atoms with Crippen LogP contribution in [0.2, 0.25) is 0 Å². The largest absolute Gasteiger partial charge is 0.462 e. The average molecular weight is 567 g/mol. The molecule has 0 aliphatic heterocycles. The van der Waals surface area contributed by atoms with Gasteiger partial charge >= 0.3 is 23.9 Å². The summed E-state index contributed by atoms with van der Waals surface area (Å²) in [4.78, 5) is 43.7. The normalized spacial score (nSPS) is 9.57. The molecule has 0 saturated carbocycles. The van der Waals surface area contributed by atoms with E-state index in [4.69, 9.17) is 18.9 Å². The predicted octanol–water partition coefficient (Wildman–Crippen LogP) is 4.82. The molecular formula is C23H34O8S4. The lowest BCUT2D eigenvalue weighted by atomic mass is 10.4. The Morgan fingerprint density at radius 1 is 0.571 bits per heavy atom. The first kappa shape index (κ1) is 35.4. The van der Waals surface area contributed by atoms with E-state index in [9.17, 15) is 19.2 Å². The monoisotopic (exact) mass is 566 g/mol. The van der Waals surface area contributed by atoms with Gasteiger partial charge in [0.15, 0.2) is 0 Å². The van der Waals surface area contributed by atoms with E-state index in [0.29, 0.717) is 66.2 Å². The Kier molecular flexibility index (Phi) is 24.2. The van der Waals surface area contributed by atoms with Gasteiger partial charge in [0.2, 0.25) is 0 Å². The van der Waals surface area contributed by atoms with Crippen LogP contribution in [0.25, 0.3) is 0 Å². The number of hydrogen-bond donors (Lipinski definition) is 0. The number of hydrogen-bond acceptors (Lipinski definition) is 12. The van der Waals surface area contributed by atoms with Crippen LogP contribution in [0.5, 0.6) is 0 Å². The zero-order chi connectivity index (χ0) is 27.1. The van der Waals surface area contributed by atoms with E-state index in [2.05, 4.69) is 26.3 Å². The summed E-state index contributed by atoms with van der Waals surface area (Å²) in [6, 6.07) is 0. The van der Waals surface area contributed by atoms with Gasteiger partial charge in [0.25, 0.3) is 0 Å². The first-order chi connectivity index (χ1) is 16.5. The van der Waals surface area contributed by atoms with Crippen LogP contribution in [-0.4, -0.2) is 73.3 Å². The molecule has 0 atom stereocenters. The van der Waals surface area contributed by atoms with Crippen molar-refractivity contribution in [3.8, 4) is 0 Å². The second-order valence-corrected chi connectivity index (χ2v) is 11.8. The second-order valence-electron chi connectivity index (χ2n) is 6.41. The molecule has 0 bridgehead atoms. The standard InChI is InChI=1S/C12H18O4S2.C11H16O4S2/c1-9(2)11(13)15-5-7-17-18-8-6-16-12(14)10(3)4;1-4-10(12)14-5-7-16-17-8-6-15-11(13)9(2)3/h1,3,5-8H2,2,4H3;4H,1-2,5-8H2,3H3. The Hall–Kier alpha value is -1.76. The van der Waals surface area contributed by atoms with E-state index in [1.165, 1.54) is 0 Å². The molecule has 0 aromatic rings. The van der Waals surface area contributed by atoms with Crippen LogP contribution >= 0.6 is 43.2 Å². The molecule has 0 aliphatic carbocycles. The number of ether oxygens (including phenoxy) is 4. The van der Waals surface area contributed by atoms with Gasteiger partial charge in [0.05, 0.1) is 0 Å². The summed E-state index contributed by atoms with van der Waals surface area (Å²) < 4.78 is 19.5. The maximum absolute atomic E-state index is 11.0. The third-order valence-corrected chi connectivity index (χ3v) is 7.66. The third-order valence-electron chi connectivity index (χ3n) is 2.99. The zero-order valence-corrected chi connectivity index (χ0v) is 23.7. The summed E-state index contributed by atoms with van der Waals surface area (Å²) in [6.45, 7) is 20.0. The van der Waals surface area contributed by atoms with Crippen molar-refractivity contribution in [2.24, 2.45) is 0 Å². The zero-order valence-electron chi connectivity index (χ0n) is 20.5. The minimum absolute atomic E-state index is 0.355. The van der Waals surface area contributed by atoms with Crippen molar-refractivity contribution in [2.45, 2.75) is 20.8 Å². The van der Waals surface area contributed by atoms with E-state index in [1.807, 2.05) is 0 Å². The van der Waals surface area contributed by atoms with Gasteiger partial charge in [0.1, 0.15) is 26.4 Å². The van der Waals surface area contributed by atoms with Gasteiger partial charge < -0.3 is 18.9 Å². The van der Waals surface area contributed by atoms with Crippen molar-refractivity contribution in [3.63, 3.8) is 0 Å². The fourth-order valence-electron chi connectivity index (χ4n) is 1.35. The Morgan fingerprint density at radius 2 is 0.829 bits per heavy atom. The summed E-state index contributed by atoms with van der Waals surface area (Å²) in [5, 5.41) is 0. The van der Waals surface area contributed by atoms with Crippen molar-refractivity contribution in [2.75, 3.05) is 49.4 Å². The summed E-state index contributed by atoms with van der Waals surface area (Å²) in [7, 11) is 6.24. The lowest BCUT2D eigenvalue weighted by Gasteiger charge is -2.05. The molecule has 0 saturated heterocycles. The third kappa shape index (κ3) is 25.1. The molecule has 0 aromatic carbocycles. The minimum Gasteiger partial charge on any atom is -0.462 e. The Morgan fingerprint density at radius 3 is 1.06 bits per heavy atom. The molecule has 0 aromatic heterocycles. The SMILES string of the molecule is C=C(C)C(=O)OCCSSCCOC(=O)C(=C)C.C=CC(=O)OCCSSCCOC(=O)C(=C)C. The van der Waals surface area contributed by atoms with Crippen molar-refractivity contribution < 1.29 is 38.1 Å². The molecule has 0 unspecified atom stereocenters. The van der Waals surface area contributed by atoms with Gasteiger partial charge in [-0.2, -0.15) is 0 Å². The van der Waals surface area contributed by atoms with Crippen molar-refractivity contribution in [3.05, 3.63) is 49.1 Å². The van der Waals surface area contributed by atoms with Crippen LogP contribution in [0.4, 0.5) is 0 Å². The quantitative estimate of drug-likeness (QED) is 0.0746. The first-order valence-corrected chi connectivity index (χ1v) is 15.3. The van der Waals surface area contributed by atoms with Crippen LogP contribution in [0.15, 0.2) is 49.1 Å². The fraction of sp³-hybridized carbons (Fsp3) is 0.478. The maximum atomic E-state index is 11.0. The topological polar surface area (TPSA) is 105 Å². The van der Waals surface area contributed by atoms with Crippen LogP contribution in [0.1, 0.15) is 20.8 Å². The van der Waals surface area contributed by atoms with E-state index in [1.54, 1.807) is 63.9 Å². The van der Waals surface area contributed by atoms with Gasteiger partial charge in [-0.25, -0.2) is 19.2 Å². The van der Waals surface area contributed by atoms with Gasteiger partial charge in [0, 0.05) is 45.8 Å². The number of carbonyl (C=O) groups is 4. The van der Waals surface area contributed by atoms with E-state index in [-0.39, 0.29) is 17.9 Å². The molecule has 0 N–H and O–H groups in total. The van der Waals surface area contributed by atoms with Gasteiger partial charge in [-0.05, 0) is 20.8 Å². The Balaban J connectivity index is 0. The lowest BCUT2D eigenvalue weighted by Crippen LogP contribution is -2.08. The summed E-state index contributed by atoms with van der Waals surface area (Å²) in [6.07, 6.45) is 1.13. The molecular weight excluding hydrogens is 533 g/mol. The molecule has 0 heterocycles. The Labute approximate surface area is 223 Å². The molecule has 0 amide bonds. The van der Waals surface area contributed by atoms with E-state index < -0.39 is 5.97 Å². The number of esters is 4. The van der Waals surface area contributed by atoms with Crippen LogP contribution in [0, 0.1) is 0 Å². The molecule has 35 heavy (non-hydrogen) atoms. The number of rotatable bonds is 18. The van der Waals surface area contributed by atoms with Crippen molar-refractivity contribution in [1.29, 1.82) is 0 Å². The molecule has 0 spiro atoms. The molecule has 0 aliphatic rings. The highest BCUT2D eigenvalue weighted by Crippen LogP contribution is 2.21. The van der Waals surface area contributed by atoms with E-state index in [0.717, 1.165) is 6.08 Å². The Bertz CT molecular complexity index is 705. The number of carbonyl (C=O) groups excluding carboxylic acids is 4. The molecule has 8 nitrogen and oxygen atoms in total. The second kappa shape index (κ2) is 24.0. The van der Waals surface area contributed by atoms with Gasteiger partial charge in [-0.15, -0.1) is 0 Å². The molecule has 0 radical (unpaired) electrons. The molecule has 12 heteroatoms. The minimum atomic E-state index is -0.411. The maximum Gasteiger partial charge on any atom is 0.333 e. The average Bonchev–Trinajstić information content (AvgIpc) is 2.81. The fourth-order valence-corrected chi connectivity index (χ4v) is 4.65. The van der Waals surface area contributed by atoms with Crippen molar-refractivity contribution in [1.82, 2.24) is 0 Å². The highest BCUT2D eigenvalue weighted by molar-refractivity contribution is 8.77. The smallest absolute Gasteiger partial charge is 0.333 e. The van der Waals surface area contributed by atoms with E-state index >= 15 is 0 Å². The van der Waals surface area contributed by atoms with Gasteiger partial charge in [-0.3, -0.25) is 0 Å². The molecule has 0 rings (SSSR count). The van der Waals surface area contributed by atoms with Crippen LogP contribution in [-0.2, 0) is 38.1 Å². The summed E-state index contributed by atoms with van der Waals surface area (Å²) >= 11 is 0.